The number of carbonyl (C=O) groups excluding carboxylic acids is 1. The number of carbonyl (C=O) groups is 3. The minimum Gasteiger partial charge on any atom is -0.481 e. The predicted molar refractivity (Wildman–Crippen MR) is 121 cm³/mol. The molecule has 2 aromatic carbocycles. The summed E-state index contributed by atoms with van der Waals surface area (Å²) in [6, 6.07) is 10.7. The zero-order valence-corrected chi connectivity index (χ0v) is 18.1. The highest BCUT2D eigenvalue weighted by atomic mass is 32.2. The van der Waals surface area contributed by atoms with E-state index in [-0.39, 0.29) is 10.7 Å². The predicted octanol–water partition coefficient (Wildman–Crippen LogP) is 4.30. The van der Waals surface area contributed by atoms with E-state index >= 15 is 0 Å². The van der Waals surface area contributed by atoms with Crippen molar-refractivity contribution in [2.75, 3.05) is 0 Å². The molecular weight excluding hydrogens is 422 g/mol. The Morgan fingerprint density at radius 3 is 2.37 bits per heavy atom. The number of thioether (sulfide) groups is 1. The first-order chi connectivity index (χ1) is 14.3. The first-order valence-corrected chi connectivity index (χ1v) is 10.7. The van der Waals surface area contributed by atoms with E-state index in [1.807, 2.05) is 43.3 Å². The maximum absolute atomic E-state index is 13.2. The minimum atomic E-state index is -1.74. The van der Waals surface area contributed by atoms with E-state index in [2.05, 4.69) is 0 Å². The van der Waals surface area contributed by atoms with Crippen molar-refractivity contribution in [2.24, 2.45) is 5.92 Å². The number of benzene rings is 2. The van der Waals surface area contributed by atoms with E-state index in [9.17, 15) is 24.6 Å². The molecule has 8 heteroatoms. The molecule has 1 aliphatic rings. The Hall–Kier alpha value is -2.71. The zero-order valence-electron chi connectivity index (χ0n) is 16.5. The Labute approximate surface area is 183 Å². The number of hydrogen-bond donors (Lipinski definition) is 2. The van der Waals surface area contributed by atoms with Gasteiger partial charge in [-0.1, -0.05) is 73.7 Å². The van der Waals surface area contributed by atoms with Gasteiger partial charge in [0.15, 0.2) is 5.92 Å². The second kappa shape index (κ2) is 8.97. The standard InChI is InChI=1S/C22H21NO5S2/c1-3-6-16(18(20(25)26)21(27)28)23-19(24)17(30-22(23)29)11-13-10-9-12(2)14-7-4-5-8-15(13)14/h4-5,7-11,16,18H,3,6H2,1-2H3,(H,25,26)(H,27,28)/b17-11-. The van der Waals surface area contributed by atoms with Crippen LogP contribution in [0.3, 0.4) is 0 Å². The normalized spacial score (nSPS) is 16.6. The first kappa shape index (κ1) is 22.0. The lowest BCUT2D eigenvalue weighted by atomic mass is 9.94. The number of hydrogen-bond acceptors (Lipinski definition) is 5. The van der Waals surface area contributed by atoms with Crippen LogP contribution < -0.4 is 0 Å². The Kier molecular flexibility index (Phi) is 6.58. The summed E-state index contributed by atoms with van der Waals surface area (Å²) in [7, 11) is 0. The van der Waals surface area contributed by atoms with Crippen molar-refractivity contribution in [2.45, 2.75) is 32.7 Å². The average molecular weight is 444 g/mol. The monoisotopic (exact) mass is 443 g/mol. The van der Waals surface area contributed by atoms with Gasteiger partial charge in [0.2, 0.25) is 0 Å². The number of carboxylic acids is 2. The van der Waals surface area contributed by atoms with Gasteiger partial charge in [0.25, 0.3) is 5.91 Å². The van der Waals surface area contributed by atoms with Gasteiger partial charge in [-0.2, -0.15) is 0 Å². The molecule has 0 aromatic heterocycles. The van der Waals surface area contributed by atoms with E-state index in [1.54, 1.807) is 13.0 Å². The second-order valence-electron chi connectivity index (χ2n) is 7.08. The zero-order chi connectivity index (χ0) is 22.0. The van der Waals surface area contributed by atoms with Gasteiger partial charge in [-0.15, -0.1) is 0 Å². The van der Waals surface area contributed by atoms with Crippen molar-refractivity contribution in [3.8, 4) is 0 Å². The fourth-order valence-corrected chi connectivity index (χ4v) is 5.05. The van der Waals surface area contributed by atoms with Gasteiger partial charge >= 0.3 is 11.9 Å². The molecule has 156 valence electrons. The molecule has 1 atom stereocenters. The van der Waals surface area contributed by atoms with Crippen LogP contribution >= 0.6 is 24.0 Å². The topological polar surface area (TPSA) is 94.9 Å². The van der Waals surface area contributed by atoms with E-state index in [4.69, 9.17) is 12.2 Å². The lowest BCUT2D eigenvalue weighted by Crippen LogP contribution is -2.48. The Morgan fingerprint density at radius 2 is 1.77 bits per heavy atom. The van der Waals surface area contributed by atoms with Crippen molar-refractivity contribution in [3.05, 3.63) is 52.4 Å². The van der Waals surface area contributed by atoms with Crippen LogP contribution in [0.2, 0.25) is 0 Å². The van der Waals surface area contributed by atoms with Gasteiger partial charge in [-0.25, -0.2) is 0 Å². The largest absolute Gasteiger partial charge is 0.481 e. The summed E-state index contributed by atoms with van der Waals surface area (Å²) in [6.45, 7) is 3.82. The van der Waals surface area contributed by atoms with Crippen LogP contribution in [0.5, 0.6) is 0 Å². The van der Waals surface area contributed by atoms with E-state index in [1.165, 1.54) is 4.90 Å². The molecule has 1 aliphatic heterocycles. The van der Waals surface area contributed by atoms with Crippen LogP contribution in [0.4, 0.5) is 0 Å². The lowest BCUT2D eigenvalue weighted by molar-refractivity contribution is -0.157. The summed E-state index contributed by atoms with van der Waals surface area (Å²) in [5.74, 6) is -5.17. The molecule has 1 saturated heterocycles. The van der Waals surface area contributed by atoms with Crippen molar-refractivity contribution in [1.29, 1.82) is 0 Å². The third-order valence-corrected chi connectivity index (χ3v) is 6.45. The summed E-state index contributed by atoms with van der Waals surface area (Å²) in [6.07, 6.45) is 2.47. The number of thiocarbonyl (C=S) groups is 1. The molecule has 1 fully saturated rings. The molecule has 0 saturated carbocycles. The van der Waals surface area contributed by atoms with Crippen LogP contribution in [-0.4, -0.2) is 43.3 Å². The summed E-state index contributed by atoms with van der Waals surface area (Å²) in [4.78, 5) is 37.9. The molecule has 30 heavy (non-hydrogen) atoms. The summed E-state index contributed by atoms with van der Waals surface area (Å²) in [5.41, 5.74) is 1.96. The van der Waals surface area contributed by atoms with Crippen LogP contribution in [0, 0.1) is 12.8 Å². The van der Waals surface area contributed by atoms with Crippen molar-refractivity contribution in [1.82, 2.24) is 4.90 Å². The molecule has 3 rings (SSSR count). The van der Waals surface area contributed by atoms with E-state index < -0.39 is 29.8 Å². The fraction of sp³-hybridized carbons (Fsp3) is 0.273. The highest BCUT2D eigenvalue weighted by Crippen LogP contribution is 2.37. The highest BCUT2D eigenvalue weighted by Gasteiger charge is 2.45. The fourth-order valence-electron chi connectivity index (χ4n) is 3.68. The van der Waals surface area contributed by atoms with Gasteiger partial charge < -0.3 is 10.2 Å². The number of carboxylic acid groups (broad SMARTS) is 2. The summed E-state index contributed by atoms with van der Waals surface area (Å²) < 4.78 is 0.175. The summed E-state index contributed by atoms with van der Waals surface area (Å²) >= 11 is 6.42. The van der Waals surface area contributed by atoms with Gasteiger partial charge in [0.1, 0.15) is 4.32 Å². The van der Waals surface area contributed by atoms with E-state index in [0.717, 1.165) is 33.7 Å². The molecular formula is C22H21NO5S2. The van der Waals surface area contributed by atoms with Gasteiger partial charge in [-0.05, 0) is 41.3 Å². The van der Waals surface area contributed by atoms with Crippen molar-refractivity contribution < 1.29 is 24.6 Å². The van der Waals surface area contributed by atoms with Crippen LogP contribution in [-0.2, 0) is 14.4 Å². The van der Waals surface area contributed by atoms with Gasteiger partial charge in [0.05, 0.1) is 10.9 Å². The van der Waals surface area contributed by atoms with Gasteiger partial charge in [-0.3, -0.25) is 19.3 Å². The molecule has 2 aromatic rings. The SMILES string of the molecule is CCCC(C(C(=O)O)C(=O)O)N1C(=O)/C(=C/c2ccc(C)c3ccccc23)SC1=S. The molecule has 0 bridgehead atoms. The van der Waals surface area contributed by atoms with Crippen LogP contribution in [0.1, 0.15) is 30.9 Å². The molecule has 1 amide bonds. The quantitative estimate of drug-likeness (QED) is 0.374. The molecule has 6 nitrogen and oxygen atoms in total. The molecule has 0 spiro atoms. The lowest BCUT2D eigenvalue weighted by Gasteiger charge is -2.29. The highest BCUT2D eigenvalue weighted by molar-refractivity contribution is 8.26. The molecule has 0 aliphatic carbocycles. The second-order valence-corrected chi connectivity index (χ2v) is 8.75. The smallest absolute Gasteiger partial charge is 0.320 e. The van der Waals surface area contributed by atoms with Crippen LogP contribution in [0.25, 0.3) is 16.8 Å². The molecule has 1 heterocycles. The Bertz CT molecular complexity index is 1060. The third-order valence-electron chi connectivity index (χ3n) is 5.12. The molecule has 0 radical (unpaired) electrons. The van der Waals surface area contributed by atoms with E-state index in [0.29, 0.717) is 11.3 Å². The number of amides is 1. The number of rotatable bonds is 7. The van der Waals surface area contributed by atoms with Gasteiger partial charge in [0, 0.05) is 0 Å². The van der Waals surface area contributed by atoms with Crippen molar-refractivity contribution >= 4 is 63.0 Å². The Balaban J connectivity index is 2.03. The average Bonchev–Trinajstić information content (AvgIpc) is 2.96. The first-order valence-electron chi connectivity index (χ1n) is 9.47. The molecule has 1 unspecified atom stereocenters. The maximum atomic E-state index is 13.2. The number of fused-ring (bicyclic) bond motifs is 1. The van der Waals surface area contributed by atoms with Crippen LogP contribution in [0.15, 0.2) is 41.3 Å². The number of nitrogens with zero attached hydrogens (tertiary/aromatic N) is 1. The number of aliphatic carboxylic acids is 2. The maximum Gasteiger partial charge on any atom is 0.320 e. The molecule has 2 N–H and O–H groups in total. The third kappa shape index (κ3) is 4.11. The number of aryl methyl sites for hydroxylation is 1. The minimum absolute atomic E-state index is 0.175. The summed E-state index contributed by atoms with van der Waals surface area (Å²) in [5, 5.41) is 20.9. The Morgan fingerprint density at radius 1 is 1.13 bits per heavy atom. The van der Waals surface area contributed by atoms with Crippen molar-refractivity contribution in [3.63, 3.8) is 0 Å².